The minimum Gasteiger partial charge on any atom is -0.378 e. The number of hydrogen-bond donors (Lipinski definition) is 0. The molecule has 27 heavy (non-hydrogen) atoms. The molecule has 3 aromatic rings. The van der Waals surface area contributed by atoms with Crippen molar-refractivity contribution in [2.75, 3.05) is 0 Å². The lowest BCUT2D eigenvalue weighted by atomic mass is 10.0. The highest BCUT2D eigenvalue weighted by molar-refractivity contribution is 7.87. The van der Waals surface area contributed by atoms with Crippen molar-refractivity contribution in [1.29, 1.82) is 0 Å². The smallest absolute Gasteiger partial charge is 0.339 e. The zero-order valence-corrected chi connectivity index (χ0v) is 16.1. The molecule has 1 heterocycles. The van der Waals surface area contributed by atoms with Crippen LogP contribution < -0.4 is 0 Å². The summed E-state index contributed by atoms with van der Waals surface area (Å²) in [4.78, 5) is 4.50. The molecule has 0 unspecified atom stereocenters. The Hall–Kier alpha value is -2.92. The van der Waals surface area contributed by atoms with Crippen LogP contribution in [0.2, 0.25) is 0 Å². The average Bonchev–Trinajstić information content (AvgIpc) is 2.69. The number of aromatic nitrogens is 1. The summed E-state index contributed by atoms with van der Waals surface area (Å²) < 4.78 is 31.5. The number of benzene rings is 2. The minimum atomic E-state index is -3.97. The Bertz CT molecular complexity index is 1030. The van der Waals surface area contributed by atoms with Crippen LogP contribution in [-0.4, -0.2) is 13.4 Å². The number of aryl methyl sites for hydroxylation is 1. The minimum absolute atomic E-state index is 0.123. The molecule has 138 valence electrons. The summed E-state index contributed by atoms with van der Waals surface area (Å²) in [5.74, 6) is 0.303. The molecule has 0 atom stereocenters. The van der Waals surface area contributed by atoms with Crippen molar-refractivity contribution in [2.45, 2.75) is 25.2 Å². The first-order chi connectivity index (χ1) is 13.0. The molecule has 0 bridgehead atoms. The average molecular weight is 379 g/mol. The maximum atomic E-state index is 12.9. The van der Waals surface area contributed by atoms with Crippen LogP contribution in [0.4, 0.5) is 0 Å². The summed E-state index contributed by atoms with van der Waals surface area (Å²) in [7, 11) is -3.97. The molecule has 1 aromatic heterocycles. The van der Waals surface area contributed by atoms with Crippen molar-refractivity contribution < 1.29 is 12.6 Å². The largest absolute Gasteiger partial charge is 0.378 e. The molecule has 0 saturated heterocycles. The molecule has 0 spiro atoms. The van der Waals surface area contributed by atoms with E-state index in [-0.39, 0.29) is 4.90 Å². The topological polar surface area (TPSA) is 56.3 Å². The van der Waals surface area contributed by atoms with E-state index < -0.39 is 10.1 Å². The van der Waals surface area contributed by atoms with E-state index in [4.69, 9.17) is 4.18 Å². The predicted octanol–water partition coefficient (Wildman–Crippen LogP) is 5.07. The lowest BCUT2D eigenvalue weighted by Crippen LogP contribution is -2.08. The van der Waals surface area contributed by atoms with Crippen molar-refractivity contribution in [3.63, 3.8) is 0 Å². The van der Waals surface area contributed by atoms with Crippen molar-refractivity contribution in [3.05, 3.63) is 95.8 Å². The molecular weight excluding hydrogens is 358 g/mol. The van der Waals surface area contributed by atoms with Gasteiger partial charge in [0.1, 0.15) is 4.90 Å². The van der Waals surface area contributed by atoms with Crippen LogP contribution in [0.5, 0.6) is 0 Å². The third-order valence-corrected chi connectivity index (χ3v) is 5.38. The van der Waals surface area contributed by atoms with Crippen molar-refractivity contribution in [2.24, 2.45) is 0 Å². The Morgan fingerprint density at radius 1 is 0.926 bits per heavy atom. The highest BCUT2D eigenvalue weighted by Crippen LogP contribution is 2.32. The van der Waals surface area contributed by atoms with E-state index in [1.807, 2.05) is 62.4 Å². The second-order valence-electron chi connectivity index (χ2n) is 6.09. The van der Waals surface area contributed by atoms with Crippen LogP contribution in [0, 0.1) is 6.92 Å². The summed E-state index contributed by atoms with van der Waals surface area (Å²) in [6.45, 7) is 3.86. The highest BCUT2D eigenvalue weighted by Gasteiger charge is 2.22. The van der Waals surface area contributed by atoms with Gasteiger partial charge in [-0.3, -0.25) is 4.98 Å². The summed E-state index contributed by atoms with van der Waals surface area (Å²) in [5, 5.41) is 0. The van der Waals surface area contributed by atoms with Gasteiger partial charge in [-0.2, -0.15) is 8.42 Å². The van der Waals surface area contributed by atoms with Gasteiger partial charge in [0.15, 0.2) is 5.76 Å². The van der Waals surface area contributed by atoms with Crippen LogP contribution in [-0.2, 0) is 14.3 Å². The quantitative estimate of drug-likeness (QED) is 0.443. The van der Waals surface area contributed by atoms with Crippen molar-refractivity contribution in [1.82, 2.24) is 4.98 Å². The first kappa shape index (κ1) is 18.9. The molecule has 0 aliphatic heterocycles. The lowest BCUT2D eigenvalue weighted by Gasteiger charge is -2.16. The molecule has 2 aromatic carbocycles. The second kappa shape index (κ2) is 8.18. The Balaban J connectivity index is 2.14. The van der Waals surface area contributed by atoms with E-state index in [9.17, 15) is 8.42 Å². The van der Waals surface area contributed by atoms with E-state index in [2.05, 4.69) is 4.98 Å². The van der Waals surface area contributed by atoms with Gasteiger partial charge in [-0.1, -0.05) is 61.0 Å². The van der Waals surface area contributed by atoms with Crippen LogP contribution in [0.1, 0.15) is 30.2 Å². The third kappa shape index (κ3) is 4.44. The zero-order chi connectivity index (χ0) is 19.3. The highest BCUT2D eigenvalue weighted by atomic mass is 32.2. The predicted molar refractivity (Wildman–Crippen MR) is 107 cm³/mol. The Morgan fingerprint density at radius 2 is 1.59 bits per heavy atom. The van der Waals surface area contributed by atoms with E-state index in [1.54, 1.807) is 30.5 Å². The molecule has 0 fully saturated rings. The monoisotopic (exact) mass is 379 g/mol. The molecule has 0 N–H and O–H groups in total. The summed E-state index contributed by atoms with van der Waals surface area (Å²) in [5.41, 5.74) is 3.10. The van der Waals surface area contributed by atoms with Gasteiger partial charge in [0.25, 0.3) is 0 Å². The van der Waals surface area contributed by atoms with E-state index in [0.29, 0.717) is 23.4 Å². The first-order valence-electron chi connectivity index (χ1n) is 8.72. The Kier molecular flexibility index (Phi) is 5.72. The maximum absolute atomic E-state index is 12.9. The SMILES string of the molecule is CC/C(=C(/OS(=O)(=O)c1ccc(C)cc1)c1ccccc1)c1ccccn1. The fraction of sp³-hybridized carbons (Fsp3) is 0.136. The standard InChI is InChI=1S/C22H21NO3S/c1-3-20(21-11-7-8-16-23-21)22(18-9-5-4-6-10-18)26-27(24,25)19-14-12-17(2)13-15-19/h4-16H,3H2,1-2H3/b22-20-. The third-order valence-electron chi connectivity index (χ3n) is 4.14. The van der Waals surface area contributed by atoms with E-state index >= 15 is 0 Å². The molecule has 0 radical (unpaired) electrons. The van der Waals surface area contributed by atoms with Gasteiger partial charge in [-0.15, -0.1) is 0 Å². The van der Waals surface area contributed by atoms with Crippen LogP contribution >= 0.6 is 0 Å². The van der Waals surface area contributed by atoms with Crippen LogP contribution in [0.15, 0.2) is 83.9 Å². The van der Waals surface area contributed by atoms with Crippen molar-refractivity contribution >= 4 is 21.5 Å². The number of pyridine rings is 1. The molecule has 3 rings (SSSR count). The first-order valence-corrected chi connectivity index (χ1v) is 10.1. The van der Waals surface area contributed by atoms with E-state index in [1.165, 1.54) is 0 Å². The van der Waals surface area contributed by atoms with Crippen molar-refractivity contribution in [3.8, 4) is 0 Å². The number of hydrogen-bond acceptors (Lipinski definition) is 4. The molecular formula is C22H21NO3S. The van der Waals surface area contributed by atoms with Gasteiger partial charge >= 0.3 is 10.1 Å². The summed E-state index contributed by atoms with van der Waals surface area (Å²) in [6, 6.07) is 21.4. The van der Waals surface area contributed by atoms with E-state index in [0.717, 1.165) is 11.1 Å². The van der Waals surface area contributed by atoms with Gasteiger partial charge in [0.2, 0.25) is 0 Å². The van der Waals surface area contributed by atoms with Gasteiger partial charge < -0.3 is 4.18 Å². The molecule has 0 saturated carbocycles. The fourth-order valence-electron chi connectivity index (χ4n) is 2.72. The number of nitrogens with zero attached hydrogens (tertiary/aromatic N) is 1. The second-order valence-corrected chi connectivity index (χ2v) is 7.64. The lowest BCUT2D eigenvalue weighted by molar-refractivity contribution is 0.463. The molecule has 4 nitrogen and oxygen atoms in total. The van der Waals surface area contributed by atoms with Gasteiger partial charge in [0, 0.05) is 17.3 Å². The Labute approximate surface area is 160 Å². The van der Waals surface area contributed by atoms with Gasteiger partial charge in [0.05, 0.1) is 5.69 Å². The normalized spacial score (nSPS) is 12.4. The molecule has 0 aliphatic carbocycles. The molecule has 5 heteroatoms. The Morgan fingerprint density at radius 3 is 2.19 bits per heavy atom. The van der Waals surface area contributed by atoms with Gasteiger partial charge in [-0.25, -0.2) is 0 Å². The maximum Gasteiger partial charge on any atom is 0.339 e. The van der Waals surface area contributed by atoms with Gasteiger partial charge in [-0.05, 0) is 37.6 Å². The fourth-order valence-corrected chi connectivity index (χ4v) is 3.71. The summed E-state index contributed by atoms with van der Waals surface area (Å²) in [6.07, 6.45) is 2.26. The van der Waals surface area contributed by atoms with Crippen LogP contribution in [0.3, 0.4) is 0 Å². The molecule has 0 aliphatic rings. The van der Waals surface area contributed by atoms with Crippen LogP contribution in [0.25, 0.3) is 11.3 Å². The summed E-state index contributed by atoms with van der Waals surface area (Å²) >= 11 is 0. The zero-order valence-electron chi connectivity index (χ0n) is 15.3. The molecule has 0 amide bonds. The number of rotatable bonds is 6. The number of allylic oxidation sites excluding steroid dienone is 1.